The van der Waals surface area contributed by atoms with Crippen molar-refractivity contribution in [2.45, 2.75) is 42.0 Å². The van der Waals surface area contributed by atoms with Crippen molar-refractivity contribution in [1.82, 2.24) is 0 Å². The van der Waals surface area contributed by atoms with E-state index >= 15 is 0 Å². The third-order valence-corrected chi connectivity index (χ3v) is 7.01. The van der Waals surface area contributed by atoms with Gasteiger partial charge in [0.25, 0.3) is 5.69 Å². The maximum absolute atomic E-state index is 10.8. The number of phenols is 4. The first-order chi connectivity index (χ1) is 22.0. The molecule has 0 spiro atoms. The van der Waals surface area contributed by atoms with Crippen molar-refractivity contribution >= 4 is 39.8 Å². The van der Waals surface area contributed by atoms with E-state index in [1.165, 1.54) is 12.1 Å². The summed E-state index contributed by atoms with van der Waals surface area (Å²) >= 11 is 0. The summed E-state index contributed by atoms with van der Waals surface area (Å²) in [5.74, 6) is -0.162. The largest absolute Gasteiger partial charge is 0.506 e. The molecule has 0 saturated carbocycles. The van der Waals surface area contributed by atoms with Gasteiger partial charge in [-0.1, -0.05) is 13.5 Å². The van der Waals surface area contributed by atoms with Gasteiger partial charge in [-0.2, -0.15) is 0 Å². The molecule has 0 saturated heterocycles. The van der Waals surface area contributed by atoms with E-state index in [1.807, 2.05) is 26.8 Å². The molecule has 0 heterocycles. The zero-order chi connectivity index (χ0) is 33.8. The summed E-state index contributed by atoms with van der Waals surface area (Å²) in [6.45, 7) is 13.4. The van der Waals surface area contributed by atoms with Gasteiger partial charge < -0.3 is 30.2 Å². The molecule has 4 aromatic carbocycles. The second-order valence-electron chi connectivity index (χ2n) is 10.0. The third kappa shape index (κ3) is 11.0. The summed E-state index contributed by atoms with van der Waals surface area (Å²) in [6, 6.07) is 18.8. The summed E-state index contributed by atoms with van der Waals surface area (Å²) in [5, 5.41) is 66.1. The molecule has 259 valence electrons. The van der Waals surface area contributed by atoms with E-state index in [0.717, 1.165) is 49.2 Å². The number of rotatable bonds is 11. The fourth-order valence-corrected chi connectivity index (χ4v) is 4.40. The molecular formula is C34H43CoN7O6. The van der Waals surface area contributed by atoms with Gasteiger partial charge in [0.2, 0.25) is 0 Å². The number of aromatic hydroxyl groups is 4. The van der Waals surface area contributed by atoms with Crippen molar-refractivity contribution in [2.24, 2.45) is 20.5 Å². The molecule has 4 aromatic rings. The average Bonchev–Trinajstić information content (AvgIpc) is 3.04. The van der Waals surface area contributed by atoms with Gasteiger partial charge in [0.1, 0.15) is 45.7 Å². The van der Waals surface area contributed by atoms with Gasteiger partial charge in [0.15, 0.2) is 0 Å². The first-order valence-electron chi connectivity index (χ1n) is 14.8. The van der Waals surface area contributed by atoms with E-state index in [0.29, 0.717) is 11.4 Å². The van der Waals surface area contributed by atoms with E-state index in [9.17, 15) is 30.5 Å². The Bertz CT molecular complexity index is 1710. The number of anilines is 2. The van der Waals surface area contributed by atoms with Crippen molar-refractivity contribution in [3.05, 3.63) is 88.5 Å². The van der Waals surface area contributed by atoms with Crippen LogP contribution in [0.1, 0.15) is 40.7 Å². The molecule has 0 fully saturated rings. The van der Waals surface area contributed by atoms with Crippen LogP contribution in [0.2, 0.25) is 0 Å². The van der Waals surface area contributed by atoms with Gasteiger partial charge in [-0.05, 0) is 82.6 Å². The number of nitro benzene ring substituents is 1. The van der Waals surface area contributed by atoms with E-state index in [2.05, 4.69) is 44.1 Å². The molecule has 0 unspecified atom stereocenters. The summed E-state index contributed by atoms with van der Waals surface area (Å²) in [5.41, 5.74) is 3.49. The van der Waals surface area contributed by atoms with Crippen LogP contribution in [0.5, 0.6) is 23.0 Å². The Hall–Kier alpha value is -5.21. The molecule has 48 heavy (non-hydrogen) atoms. The zero-order valence-electron chi connectivity index (χ0n) is 26.8. The molecule has 0 amide bonds. The maximum atomic E-state index is 10.8. The van der Waals surface area contributed by atoms with Gasteiger partial charge in [0.05, 0.1) is 4.92 Å². The number of azo groups is 2. The van der Waals surface area contributed by atoms with Gasteiger partial charge >= 0.3 is 0 Å². The zero-order valence-corrected chi connectivity index (χ0v) is 27.9. The minimum atomic E-state index is -0.588. The van der Waals surface area contributed by atoms with Crippen LogP contribution in [0.3, 0.4) is 0 Å². The Morgan fingerprint density at radius 3 is 1.38 bits per heavy atom. The van der Waals surface area contributed by atoms with E-state index < -0.39 is 4.92 Å². The molecule has 0 aromatic heterocycles. The predicted molar refractivity (Wildman–Crippen MR) is 186 cm³/mol. The summed E-state index contributed by atoms with van der Waals surface area (Å²) < 4.78 is 0. The number of nitrogens with zero attached hydrogens (tertiary/aromatic N) is 7. The van der Waals surface area contributed by atoms with E-state index in [-0.39, 0.29) is 64.3 Å². The Morgan fingerprint density at radius 1 is 0.583 bits per heavy atom. The molecule has 0 atom stereocenters. The number of aryl methyl sites for hydroxylation is 1. The topological polar surface area (TPSA) is 180 Å². The molecule has 14 heteroatoms. The number of phenolic OH excluding ortho intramolecular Hbond substituents is 4. The first-order valence-corrected chi connectivity index (χ1v) is 14.8. The minimum Gasteiger partial charge on any atom is -0.506 e. The van der Waals surface area contributed by atoms with Crippen LogP contribution in [-0.2, 0) is 16.8 Å². The standard InChI is InChI=1S/C17H21N3O2.C16H18N4O4.CH4.Co/c1-4-20(5-2)13-7-8-14(17(22)11-13)18-19-15-10-12(3)6-9-16(15)21;1-3-19(4-2)11-5-7-13(16(22)10-11)17-18-14-9-12(20(23)24)6-8-15(14)21;;/h6-11,21-22H,4-5H2,1-3H3;5-10,21-22H,3-4H2,1-2H3;1H4;. The third-order valence-electron chi connectivity index (χ3n) is 7.01. The van der Waals surface area contributed by atoms with Crippen LogP contribution in [0, 0.1) is 17.0 Å². The first kappa shape index (κ1) is 40.8. The Balaban J connectivity index is 0.000000462. The van der Waals surface area contributed by atoms with Crippen molar-refractivity contribution < 1.29 is 42.1 Å². The predicted octanol–water partition coefficient (Wildman–Crippen LogP) is 9.57. The molecule has 1 radical (unpaired) electrons. The summed E-state index contributed by atoms with van der Waals surface area (Å²) in [4.78, 5) is 14.4. The van der Waals surface area contributed by atoms with Crippen LogP contribution in [0.4, 0.5) is 39.8 Å². The molecule has 13 nitrogen and oxygen atoms in total. The molecular weight excluding hydrogens is 661 g/mol. The Labute approximate surface area is 291 Å². The number of hydrogen-bond donors (Lipinski definition) is 4. The van der Waals surface area contributed by atoms with Gasteiger partial charge in [0, 0.05) is 78.6 Å². The molecule has 0 aliphatic heterocycles. The van der Waals surface area contributed by atoms with Crippen LogP contribution < -0.4 is 9.80 Å². The monoisotopic (exact) mass is 704 g/mol. The van der Waals surface area contributed by atoms with Crippen LogP contribution in [0.25, 0.3) is 0 Å². The normalized spacial score (nSPS) is 10.5. The van der Waals surface area contributed by atoms with E-state index in [1.54, 1.807) is 48.5 Å². The van der Waals surface area contributed by atoms with Gasteiger partial charge in [-0.25, -0.2) is 0 Å². The summed E-state index contributed by atoms with van der Waals surface area (Å²) in [6.07, 6.45) is 0. The molecule has 4 rings (SSSR count). The van der Waals surface area contributed by atoms with Crippen molar-refractivity contribution in [3.63, 3.8) is 0 Å². The fourth-order valence-electron chi connectivity index (χ4n) is 4.40. The fraction of sp³-hybridized carbons (Fsp3) is 0.294. The van der Waals surface area contributed by atoms with Crippen LogP contribution >= 0.6 is 0 Å². The molecule has 0 aliphatic carbocycles. The number of benzene rings is 4. The number of non-ortho nitro benzene ring substituents is 1. The maximum Gasteiger partial charge on any atom is 0.271 e. The minimum absolute atomic E-state index is 0. The number of hydrogen-bond acceptors (Lipinski definition) is 12. The van der Waals surface area contributed by atoms with Crippen LogP contribution in [0.15, 0.2) is 93.3 Å². The van der Waals surface area contributed by atoms with Crippen molar-refractivity contribution in [1.29, 1.82) is 0 Å². The second-order valence-corrected chi connectivity index (χ2v) is 10.0. The molecule has 4 N–H and O–H groups in total. The van der Waals surface area contributed by atoms with E-state index in [4.69, 9.17) is 0 Å². The van der Waals surface area contributed by atoms with Gasteiger partial charge in [-0.3, -0.25) is 10.1 Å². The quantitative estimate of drug-likeness (QED) is 0.0677. The average molecular weight is 705 g/mol. The molecule has 0 bridgehead atoms. The van der Waals surface area contributed by atoms with Crippen molar-refractivity contribution in [3.8, 4) is 23.0 Å². The van der Waals surface area contributed by atoms with Crippen molar-refractivity contribution in [2.75, 3.05) is 36.0 Å². The van der Waals surface area contributed by atoms with Gasteiger partial charge in [-0.15, -0.1) is 20.5 Å². The summed E-state index contributed by atoms with van der Waals surface area (Å²) in [7, 11) is 0. The second kappa shape index (κ2) is 19.4. The number of nitro groups is 1. The SMILES string of the molecule is C.CCN(CC)c1ccc(N=Nc2cc(C)ccc2O)c(O)c1.CCN(CC)c1ccc(N=Nc2cc([N+](=O)[O-])ccc2O)c(O)c1.[Co]. The Kier molecular flexibility index (Phi) is 16.5. The Morgan fingerprint density at radius 2 is 0.979 bits per heavy atom. The molecule has 0 aliphatic rings. The van der Waals surface area contributed by atoms with Crippen LogP contribution in [-0.4, -0.2) is 51.5 Å². The smallest absolute Gasteiger partial charge is 0.271 e.